The number of benzene rings is 2. The topological polar surface area (TPSA) is 67.9 Å². The lowest BCUT2D eigenvalue weighted by molar-refractivity contribution is -0.142. The molecule has 1 aliphatic carbocycles. The Kier molecular flexibility index (Phi) is 8.75. The van der Waals surface area contributed by atoms with E-state index in [1.165, 1.54) is 0 Å². The molecule has 2 aromatic carbocycles. The van der Waals surface area contributed by atoms with Crippen LogP contribution in [-0.2, 0) is 16.1 Å². The Balaban J connectivity index is 1.76. The van der Waals surface area contributed by atoms with Crippen LogP contribution in [0.15, 0.2) is 48.5 Å². The maximum atomic E-state index is 13.3. The zero-order valence-electron chi connectivity index (χ0n) is 20.2. The number of rotatable bonds is 10. The van der Waals surface area contributed by atoms with E-state index in [-0.39, 0.29) is 30.4 Å². The van der Waals surface area contributed by atoms with Crippen molar-refractivity contribution < 1.29 is 19.1 Å². The summed E-state index contributed by atoms with van der Waals surface area (Å²) in [6.45, 7) is 6.13. The second-order valence-electron chi connectivity index (χ2n) is 9.02. The lowest BCUT2D eigenvalue weighted by Gasteiger charge is -2.30. The summed E-state index contributed by atoms with van der Waals surface area (Å²) in [6.07, 6.45) is 4.26. The second kappa shape index (κ2) is 11.7. The number of carbonyl (C=O) groups excluding carboxylic acids is 2. The van der Waals surface area contributed by atoms with Crippen LogP contribution in [0.4, 0.5) is 0 Å². The Morgan fingerprint density at radius 2 is 1.79 bits per heavy atom. The molecule has 2 aromatic rings. The van der Waals surface area contributed by atoms with Crippen molar-refractivity contribution in [3.05, 3.63) is 59.7 Å². The molecule has 33 heavy (non-hydrogen) atoms. The fourth-order valence-corrected chi connectivity index (χ4v) is 4.25. The molecule has 2 amide bonds. The molecule has 0 aliphatic heterocycles. The molecular weight excluding hydrogens is 416 g/mol. The van der Waals surface area contributed by atoms with Gasteiger partial charge >= 0.3 is 0 Å². The molecule has 0 aromatic heterocycles. The van der Waals surface area contributed by atoms with Crippen molar-refractivity contribution >= 4 is 11.8 Å². The number of amides is 2. The van der Waals surface area contributed by atoms with Gasteiger partial charge in [0.05, 0.1) is 7.11 Å². The first kappa shape index (κ1) is 24.6. The third-order valence-electron chi connectivity index (χ3n) is 6.25. The molecule has 1 unspecified atom stereocenters. The highest BCUT2D eigenvalue weighted by Gasteiger charge is 2.29. The van der Waals surface area contributed by atoms with E-state index >= 15 is 0 Å². The summed E-state index contributed by atoms with van der Waals surface area (Å²) in [7, 11) is 1.61. The summed E-state index contributed by atoms with van der Waals surface area (Å²) in [6, 6.07) is 14.9. The van der Waals surface area contributed by atoms with Crippen molar-refractivity contribution in [1.82, 2.24) is 10.2 Å². The van der Waals surface area contributed by atoms with Crippen LogP contribution in [0.25, 0.3) is 0 Å². The SMILES string of the molecule is COc1cccc(CN(C(=O)COc2ccccc2C(C)C)C(C)C(=O)NC2CCCC2)c1. The van der Waals surface area contributed by atoms with Gasteiger partial charge in [-0.15, -0.1) is 0 Å². The molecule has 0 bridgehead atoms. The van der Waals surface area contributed by atoms with E-state index in [1.807, 2.05) is 48.5 Å². The van der Waals surface area contributed by atoms with E-state index in [0.717, 1.165) is 36.8 Å². The fourth-order valence-electron chi connectivity index (χ4n) is 4.25. The Labute approximate surface area is 197 Å². The van der Waals surface area contributed by atoms with E-state index in [4.69, 9.17) is 9.47 Å². The van der Waals surface area contributed by atoms with Gasteiger partial charge in [0.25, 0.3) is 5.91 Å². The molecule has 0 radical (unpaired) electrons. The number of hydrogen-bond acceptors (Lipinski definition) is 4. The highest BCUT2D eigenvalue weighted by Crippen LogP contribution is 2.26. The molecule has 3 rings (SSSR count). The van der Waals surface area contributed by atoms with Crippen LogP contribution < -0.4 is 14.8 Å². The van der Waals surface area contributed by atoms with Gasteiger partial charge in [-0.1, -0.05) is 57.0 Å². The lowest BCUT2D eigenvalue weighted by Crippen LogP contribution is -2.50. The monoisotopic (exact) mass is 452 g/mol. The number of nitrogens with zero attached hydrogens (tertiary/aromatic N) is 1. The minimum absolute atomic E-state index is 0.124. The molecule has 1 fully saturated rings. The summed E-state index contributed by atoms with van der Waals surface area (Å²) >= 11 is 0. The van der Waals surface area contributed by atoms with Crippen LogP contribution >= 0.6 is 0 Å². The first-order valence-electron chi connectivity index (χ1n) is 11.8. The first-order valence-corrected chi connectivity index (χ1v) is 11.8. The van der Waals surface area contributed by atoms with Gasteiger partial charge in [0.15, 0.2) is 6.61 Å². The molecule has 6 heteroatoms. The number of methoxy groups -OCH3 is 1. The highest BCUT2D eigenvalue weighted by atomic mass is 16.5. The third-order valence-corrected chi connectivity index (χ3v) is 6.25. The van der Waals surface area contributed by atoms with Crippen LogP contribution in [0.1, 0.15) is 63.5 Å². The van der Waals surface area contributed by atoms with Gasteiger partial charge in [0.2, 0.25) is 5.91 Å². The predicted molar refractivity (Wildman–Crippen MR) is 129 cm³/mol. The predicted octanol–water partition coefficient (Wildman–Crippen LogP) is 4.67. The van der Waals surface area contributed by atoms with Crippen molar-refractivity contribution in [3.8, 4) is 11.5 Å². The normalized spacial score (nSPS) is 14.7. The molecule has 0 heterocycles. The number of nitrogens with one attached hydrogen (secondary N) is 1. The number of carbonyl (C=O) groups is 2. The Bertz CT molecular complexity index is 937. The van der Waals surface area contributed by atoms with E-state index in [1.54, 1.807) is 18.9 Å². The zero-order chi connectivity index (χ0) is 23.8. The summed E-state index contributed by atoms with van der Waals surface area (Å²) in [4.78, 5) is 27.9. The molecule has 1 atom stereocenters. The number of para-hydroxylation sites is 1. The van der Waals surface area contributed by atoms with Gasteiger partial charge < -0.3 is 19.7 Å². The van der Waals surface area contributed by atoms with E-state index < -0.39 is 6.04 Å². The summed E-state index contributed by atoms with van der Waals surface area (Å²) < 4.78 is 11.3. The van der Waals surface area contributed by atoms with Gasteiger partial charge in [-0.2, -0.15) is 0 Å². The number of hydrogen-bond donors (Lipinski definition) is 1. The van der Waals surface area contributed by atoms with Gasteiger partial charge in [-0.3, -0.25) is 9.59 Å². The first-order chi connectivity index (χ1) is 15.9. The van der Waals surface area contributed by atoms with Gasteiger partial charge in [0.1, 0.15) is 17.5 Å². The van der Waals surface area contributed by atoms with Crippen LogP contribution in [-0.4, -0.2) is 42.5 Å². The van der Waals surface area contributed by atoms with Gasteiger partial charge in [-0.25, -0.2) is 0 Å². The Hall–Kier alpha value is -3.02. The smallest absolute Gasteiger partial charge is 0.261 e. The maximum Gasteiger partial charge on any atom is 0.261 e. The van der Waals surface area contributed by atoms with E-state index in [2.05, 4.69) is 19.2 Å². The minimum atomic E-state index is -0.617. The largest absolute Gasteiger partial charge is 0.497 e. The average Bonchev–Trinajstić information content (AvgIpc) is 3.33. The van der Waals surface area contributed by atoms with Crippen LogP contribution in [0.2, 0.25) is 0 Å². The van der Waals surface area contributed by atoms with Crippen LogP contribution in [0.5, 0.6) is 11.5 Å². The fraction of sp³-hybridized carbons (Fsp3) is 0.481. The average molecular weight is 453 g/mol. The van der Waals surface area contributed by atoms with Crippen LogP contribution in [0, 0.1) is 0 Å². The van der Waals surface area contributed by atoms with Gasteiger partial charge in [0, 0.05) is 12.6 Å². The molecule has 0 spiro atoms. The van der Waals surface area contributed by atoms with E-state index in [9.17, 15) is 9.59 Å². The standard InChI is InChI=1S/C27H36N2O4/c1-19(2)24-14-7-8-15-25(24)33-18-26(30)29(17-21-10-9-13-23(16-21)32-4)20(3)27(31)28-22-11-5-6-12-22/h7-10,13-16,19-20,22H,5-6,11-12,17-18H2,1-4H3,(H,28,31). The van der Waals surface area contributed by atoms with Crippen molar-refractivity contribution in [3.63, 3.8) is 0 Å². The van der Waals surface area contributed by atoms with Crippen molar-refractivity contribution in [1.29, 1.82) is 0 Å². The molecule has 178 valence electrons. The molecule has 6 nitrogen and oxygen atoms in total. The molecule has 0 saturated heterocycles. The van der Waals surface area contributed by atoms with Crippen molar-refractivity contribution in [2.75, 3.05) is 13.7 Å². The Morgan fingerprint density at radius 3 is 2.48 bits per heavy atom. The molecule has 1 N–H and O–H groups in total. The van der Waals surface area contributed by atoms with Crippen molar-refractivity contribution in [2.24, 2.45) is 0 Å². The lowest BCUT2D eigenvalue weighted by atomic mass is 10.0. The number of ether oxygens (including phenoxy) is 2. The molecule has 1 saturated carbocycles. The molecular formula is C27H36N2O4. The Morgan fingerprint density at radius 1 is 1.06 bits per heavy atom. The maximum absolute atomic E-state index is 13.3. The summed E-state index contributed by atoms with van der Waals surface area (Å²) in [5.41, 5.74) is 1.95. The summed E-state index contributed by atoms with van der Waals surface area (Å²) in [5.74, 6) is 1.33. The second-order valence-corrected chi connectivity index (χ2v) is 9.02. The highest BCUT2D eigenvalue weighted by molar-refractivity contribution is 5.88. The van der Waals surface area contributed by atoms with Crippen LogP contribution in [0.3, 0.4) is 0 Å². The third kappa shape index (κ3) is 6.73. The minimum Gasteiger partial charge on any atom is -0.497 e. The quantitative estimate of drug-likeness (QED) is 0.569. The molecule has 1 aliphatic rings. The van der Waals surface area contributed by atoms with Crippen molar-refractivity contribution in [2.45, 2.75) is 71.0 Å². The van der Waals surface area contributed by atoms with Gasteiger partial charge in [-0.05, 0) is 55.0 Å². The van der Waals surface area contributed by atoms with E-state index in [0.29, 0.717) is 18.0 Å². The zero-order valence-corrected chi connectivity index (χ0v) is 20.2. The summed E-state index contributed by atoms with van der Waals surface area (Å²) in [5, 5.41) is 3.12.